The van der Waals surface area contributed by atoms with Crippen LogP contribution in [0, 0.1) is 0 Å². The Labute approximate surface area is 100 Å². The van der Waals surface area contributed by atoms with Crippen LogP contribution in [0.1, 0.15) is 12.5 Å². The van der Waals surface area contributed by atoms with Gasteiger partial charge in [0.05, 0.1) is 12.1 Å². The van der Waals surface area contributed by atoms with Crippen molar-refractivity contribution in [3.8, 4) is 5.75 Å². The summed E-state index contributed by atoms with van der Waals surface area (Å²) in [5.41, 5.74) is 0.889. The highest BCUT2D eigenvalue weighted by Gasteiger charge is 2.03. The molecule has 0 atom stereocenters. The molecule has 0 saturated carbocycles. The van der Waals surface area contributed by atoms with Gasteiger partial charge in [-0.1, -0.05) is 35.9 Å². The number of nitrogens with one attached hydrogen (secondary N) is 1. The molecule has 0 fully saturated rings. The second-order valence-corrected chi connectivity index (χ2v) is 3.61. The minimum absolute atomic E-state index is 0.0530. The SMILES string of the molecule is COc1c(Cl)cccc1C=CCNC(C)=O. The van der Waals surface area contributed by atoms with E-state index in [1.165, 1.54) is 6.92 Å². The van der Waals surface area contributed by atoms with Crippen molar-refractivity contribution in [1.82, 2.24) is 5.32 Å². The number of carbonyl (C=O) groups excluding carboxylic acids is 1. The van der Waals surface area contributed by atoms with Crippen molar-refractivity contribution in [2.45, 2.75) is 6.92 Å². The van der Waals surface area contributed by atoms with E-state index in [9.17, 15) is 4.79 Å². The van der Waals surface area contributed by atoms with Gasteiger partial charge < -0.3 is 10.1 Å². The zero-order valence-electron chi connectivity index (χ0n) is 9.29. The van der Waals surface area contributed by atoms with Crippen LogP contribution >= 0.6 is 11.6 Å². The average molecular weight is 240 g/mol. The van der Waals surface area contributed by atoms with Crippen molar-refractivity contribution in [2.75, 3.05) is 13.7 Å². The molecule has 0 saturated heterocycles. The number of para-hydroxylation sites is 1. The van der Waals surface area contributed by atoms with Crippen LogP contribution in [-0.2, 0) is 4.79 Å². The lowest BCUT2D eigenvalue weighted by molar-refractivity contribution is -0.118. The van der Waals surface area contributed by atoms with E-state index in [-0.39, 0.29) is 5.91 Å². The van der Waals surface area contributed by atoms with Crippen molar-refractivity contribution in [3.63, 3.8) is 0 Å². The third-order valence-corrected chi connectivity index (χ3v) is 2.27. The average Bonchev–Trinajstić information content (AvgIpc) is 2.24. The van der Waals surface area contributed by atoms with Crippen molar-refractivity contribution in [2.24, 2.45) is 0 Å². The number of ether oxygens (including phenoxy) is 1. The van der Waals surface area contributed by atoms with E-state index in [1.54, 1.807) is 13.2 Å². The smallest absolute Gasteiger partial charge is 0.217 e. The van der Waals surface area contributed by atoms with E-state index >= 15 is 0 Å². The van der Waals surface area contributed by atoms with Gasteiger partial charge in [0.15, 0.2) is 0 Å². The van der Waals surface area contributed by atoms with Crippen LogP contribution in [0.2, 0.25) is 5.02 Å². The monoisotopic (exact) mass is 239 g/mol. The summed E-state index contributed by atoms with van der Waals surface area (Å²) >= 11 is 5.96. The summed E-state index contributed by atoms with van der Waals surface area (Å²) in [5, 5.41) is 3.24. The van der Waals surface area contributed by atoms with Crippen LogP contribution in [0.25, 0.3) is 6.08 Å². The normalized spacial score (nSPS) is 10.4. The third kappa shape index (κ3) is 3.59. The summed E-state index contributed by atoms with van der Waals surface area (Å²) in [6.07, 6.45) is 3.70. The molecule has 3 nitrogen and oxygen atoms in total. The van der Waals surface area contributed by atoms with Gasteiger partial charge in [0.1, 0.15) is 5.75 Å². The quantitative estimate of drug-likeness (QED) is 0.877. The van der Waals surface area contributed by atoms with E-state index in [4.69, 9.17) is 16.3 Å². The molecular formula is C12H14ClNO2. The molecule has 86 valence electrons. The molecule has 1 aromatic carbocycles. The molecule has 4 heteroatoms. The molecule has 0 unspecified atom stereocenters. The van der Waals surface area contributed by atoms with Gasteiger partial charge in [-0.2, -0.15) is 0 Å². The van der Waals surface area contributed by atoms with Gasteiger partial charge in [-0.05, 0) is 6.07 Å². The van der Waals surface area contributed by atoms with Gasteiger partial charge in [0.25, 0.3) is 0 Å². The highest BCUT2D eigenvalue weighted by atomic mass is 35.5. The summed E-state index contributed by atoms with van der Waals surface area (Å²) in [4.78, 5) is 10.6. The Balaban J connectivity index is 2.73. The molecule has 0 aliphatic heterocycles. The van der Waals surface area contributed by atoms with E-state index in [0.717, 1.165) is 5.56 Å². The van der Waals surface area contributed by atoms with Crippen molar-refractivity contribution in [1.29, 1.82) is 0 Å². The maximum Gasteiger partial charge on any atom is 0.217 e. The van der Waals surface area contributed by atoms with Gasteiger partial charge in [0.2, 0.25) is 5.91 Å². The Morgan fingerprint density at radius 1 is 1.56 bits per heavy atom. The molecule has 1 aromatic rings. The topological polar surface area (TPSA) is 38.3 Å². The first-order valence-electron chi connectivity index (χ1n) is 4.88. The number of hydrogen-bond donors (Lipinski definition) is 1. The van der Waals surface area contributed by atoms with E-state index in [0.29, 0.717) is 17.3 Å². The Kier molecular flexibility index (Phi) is 4.86. The largest absolute Gasteiger partial charge is 0.495 e. The maximum absolute atomic E-state index is 10.6. The number of methoxy groups -OCH3 is 1. The Bertz CT molecular complexity index is 402. The molecule has 16 heavy (non-hydrogen) atoms. The number of halogens is 1. The Morgan fingerprint density at radius 2 is 2.31 bits per heavy atom. The van der Waals surface area contributed by atoms with Crippen LogP contribution in [0.15, 0.2) is 24.3 Å². The first kappa shape index (κ1) is 12.6. The fraction of sp³-hybridized carbons (Fsp3) is 0.250. The van der Waals surface area contributed by atoms with Crippen molar-refractivity contribution in [3.05, 3.63) is 34.9 Å². The molecule has 0 aromatic heterocycles. The summed E-state index contributed by atoms with van der Waals surface area (Å²) in [6, 6.07) is 5.52. The molecule has 1 amide bonds. The lowest BCUT2D eigenvalue weighted by atomic mass is 10.2. The zero-order chi connectivity index (χ0) is 12.0. The van der Waals surface area contributed by atoms with E-state index in [2.05, 4.69) is 5.32 Å². The number of benzene rings is 1. The molecule has 0 aliphatic carbocycles. The molecule has 0 heterocycles. The van der Waals surface area contributed by atoms with Crippen molar-refractivity contribution >= 4 is 23.6 Å². The first-order valence-corrected chi connectivity index (χ1v) is 5.26. The summed E-state index contributed by atoms with van der Waals surface area (Å²) in [7, 11) is 1.58. The lowest BCUT2D eigenvalue weighted by Gasteiger charge is -2.06. The molecule has 0 bridgehead atoms. The summed E-state index contributed by atoms with van der Waals surface area (Å²) < 4.78 is 5.18. The minimum atomic E-state index is -0.0530. The van der Waals surface area contributed by atoms with Crippen LogP contribution in [0.3, 0.4) is 0 Å². The standard InChI is InChI=1S/C12H14ClNO2/c1-9(15)14-8-4-6-10-5-3-7-11(13)12(10)16-2/h3-7H,8H2,1-2H3,(H,14,15). The fourth-order valence-corrected chi connectivity index (χ4v) is 1.52. The van der Waals surface area contributed by atoms with E-state index in [1.807, 2.05) is 24.3 Å². The highest BCUT2D eigenvalue weighted by molar-refractivity contribution is 6.32. The molecular weight excluding hydrogens is 226 g/mol. The fourth-order valence-electron chi connectivity index (χ4n) is 1.26. The molecule has 1 N–H and O–H groups in total. The number of rotatable bonds is 4. The molecule has 0 aliphatic rings. The van der Waals surface area contributed by atoms with Gasteiger partial charge in [-0.15, -0.1) is 0 Å². The van der Waals surface area contributed by atoms with Crippen LogP contribution in [0.5, 0.6) is 5.75 Å². The molecule has 0 spiro atoms. The summed E-state index contributed by atoms with van der Waals surface area (Å²) in [6.45, 7) is 1.97. The second-order valence-electron chi connectivity index (χ2n) is 3.20. The van der Waals surface area contributed by atoms with Crippen LogP contribution < -0.4 is 10.1 Å². The first-order chi connectivity index (χ1) is 7.65. The van der Waals surface area contributed by atoms with Crippen LogP contribution in [0.4, 0.5) is 0 Å². The lowest BCUT2D eigenvalue weighted by Crippen LogP contribution is -2.19. The van der Waals surface area contributed by atoms with Gasteiger partial charge in [-0.3, -0.25) is 4.79 Å². The predicted octanol–water partition coefficient (Wildman–Crippen LogP) is 2.50. The predicted molar refractivity (Wildman–Crippen MR) is 65.7 cm³/mol. The Hall–Kier alpha value is -1.48. The number of amides is 1. The number of carbonyl (C=O) groups is 1. The Morgan fingerprint density at radius 3 is 2.94 bits per heavy atom. The summed E-state index contributed by atoms with van der Waals surface area (Å²) in [5.74, 6) is 0.589. The zero-order valence-corrected chi connectivity index (χ0v) is 10.0. The van der Waals surface area contributed by atoms with Gasteiger partial charge in [0, 0.05) is 19.0 Å². The highest BCUT2D eigenvalue weighted by Crippen LogP contribution is 2.28. The third-order valence-electron chi connectivity index (χ3n) is 1.97. The van der Waals surface area contributed by atoms with Crippen LogP contribution in [-0.4, -0.2) is 19.6 Å². The van der Waals surface area contributed by atoms with Gasteiger partial charge in [-0.25, -0.2) is 0 Å². The van der Waals surface area contributed by atoms with Gasteiger partial charge >= 0.3 is 0 Å². The van der Waals surface area contributed by atoms with Crippen molar-refractivity contribution < 1.29 is 9.53 Å². The maximum atomic E-state index is 10.6. The minimum Gasteiger partial charge on any atom is -0.495 e. The molecule has 0 radical (unpaired) electrons. The number of hydrogen-bond acceptors (Lipinski definition) is 2. The van der Waals surface area contributed by atoms with E-state index < -0.39 is 0 Å². The second kappa shape index (κ2) is 6.18. The molecule has 1 rings (SSSR count).